The van der Waals surface area contributed by atoms with E-state index >= 15 is 0 Å². The highest BCUT2D eigenvalue weighted by atomic mass is 16.5. The van der Waals surface area contributed by atoms with E-state index in [4.69, 9.17) is 14.9 Å². The largest absolute Gasteiger partial charge is 0.508 e. The first kappa shape index (κ1) is 17.1. The van der Waals surface area contributed by atoms with Gasteiger partial charge in [-0.15, -0.1) is 0 Å². The Morgan fingerprint density at radius 1 is 0.708 bits per heavy atom. The van der Waals surface area contributed by atoms with Crippen molar-refractivity contribution < 1.29 is 19.7 Å². The molecule has 4 nitrogen and oxygen atoms in total. The molecule has 0 saturated carbocycles. The Morgan fingerprint density at radius 3 is 1.71 bits per heavy atom. The molecule has 24 heavy (non-hydrogen) atoms. The van der Waals surface area contributed by atoms with Gasteiger partial charge in [-0.25, -0.2) is 4.79 Å². The van der Waals surface area contributed by atoms with Crippen molar-refractivity contribution in [3.63, 3.8) is 0 Å². The van der Waals surface area contributed by atoms with Crippen LogP contribution in [0.15, 0.2) is 84.9 Å². The molecule has 2 N–H and O–H groups in total. The van der Waals surface area contributed by atoms with Crippen LogP contribution in [0.1, 0.15) is 15.9 Å². The maximum Gasteiger partial charge on any atom is 0.338 e. The lowest BCUT2D eigenvalue weighted by Gasteiger charge is -1.89. The first-order valence-corrected chi connectivity index (χ1v) is 7.40. The third-order valence-electron chi connectivity index (χ3n) is 3.09. The van der Waals surface area contributed by atoms with Gasteiger partial charge in [0.15, 0.2) is 0 Å². The molecule has 122 valence electrons. The van der Waals surface area contributed by atoms with Crippen LogP contribution in [-0.4, -0.2) is 16.2 Å². The van der Waals surface area contributed by atoms with Gasteiger partial charge >= 0.3 is 5.97 Å². The number of fused-ring (bicyclic) bond motifs is 1. The fraction of sp³-hybridized carbons (Fsp3) is 0.0500. The summed E-state index contributed by atoms with van der Waals surface area (Å²) in [7, 11) is 0. The van der Waals surface area contributed by atoms with Crippen molar-refractivity contribution >= 4 is 5.97 Å². The van der Waals surface area contributed by atoms with Crippen LogP contribution in [0.3, 0.4) is 0 Å². The molecule has 0 fully saturated rings. The summed E-state index contributed by atoms with van der Waals surface area (Å²) < 4.78 is 4.78. The van der Waals surface area contributed by atoms with Gasteiger partial charge < -0.3 is 14.9 Å². The molecule has 4 rings (SSSR count). The maximum atomic E-state index is 10.8. The molecule has 0 aliphatic carbocycles. The summed E-state index contributed by atoms with van der Waals surface area (Å²) in [5.41, 5.74) is 1.70. The average molecular weight is 322 g/mol. The molecule has 0 radical (unpaired) electrons. The van der Waals surface area contributed by atoms with E-state index in [1.54, 1.807) is 12.1 Å². The number of rotatable bonds is 0. The van der Waals surface area contributed by atoms with Crippen molar-refractivity contribution in [1.29, 1.82) is 0 Å². The highest BCUT2D eigenvalue weighted by Gasteiger charge is 2.18. The summed E-state index contributed by atoms with van der Waals surface area (Å²) in [4.78, 5) is 10.8. The summed E-state index contributed by atoms with van der Waals surface area (Å²) in [5, 5.41) is 17.3. The number of hydrogen-bond acceptors (Lipinski definition) is 4. The summed E-state index contributed by atoms with van der Waals surface area (Å²) in [6, 6.07) is 25.3. The van der Waals surface area contributed by atoms with Gasteiger partial charge in [0.25, 0.3) is 0 Å². The minimum Gasteiger partial charge on any atom is -0.508 e. The van der Waals surface area contributed by atoms with Crippen LogP contribution in [-0.2, 0) is 11.3 Å². The van der Waals surface area contributed by atoms with Crippen LogP contribution in [0.5, 0.6) is 11.5 Å². The zero-order valence-corrected chi connectivity index (χ0v) is 13.0. The van der Waals surface area contributed by atoms with E-state index in [1.165, 1.54) is 18.2 Å². The highest BCUT2D eigenvalue weighted by Crippen LogP contribution is 2.18. The SMILES string of the molecule is O=C1OCc2ccccc21.Oc1cccc(O)c1.c1ccccc1. The van der Waals surface area contributed by atoms with Gasteiger partial charge in [0, 0.05) is 11.6 Å². The standard InChI is InChI=1S/C8H6O2.C6H6O2.C6H6/c9-8-7-4-2-1-3-6(7)5-10-8;7-5-2-1-3-6(8)4-5;1-2-4-6-5-3-1/h1-4H,5H2;1-4,7-8H;1-6H. The van der Waals surface area contributed by atoms with Crippen molar-refractivity contribution in [1.82, 2.24) is 0 Å². The number of aromatic hydroxyl groups is 2. The van der Waals surface area contributed by atoms with Crippen LogP contribution in [0.4, 0.5) is 0 Å². The first-order chi connectivity index (χ1) is 11.7. The monoisotopic (exact) mass is 322 g/mol. The summed E-state index contributed by atoms with van der Waals surface area (Å²) in [6.45, 7) is 0.439. The zero-order chi connectivity index (χ0) is 17.2. The van der Waals surface area contributed by atoms with E-state index in [0.29, 0.717) is 12.2 Å². The zero-order valence-electron chi connectivity index (χ0n) is 13.0. The van der Waals surface area contributed by atoms with Gasteiger partial charge in [0.05, 0.1) is 5.56 Å². The van der Waals surface area contributed by atoms with Crippen LogP contribution < -0.4 is 0 Å². The maximum absolute atomic E-state index is 10.8. The topological polar surface area (TPSA) is 66.8 Å². The Morgan fingerprint density at radius 2 is 1.25 bits per heavy atom. The van der Waals surface area contributed by atoms with Crippen molar-refractivity contribution in [2.75, 3.05) is 0 Å². The summed E-state index contributed by atoms with van der Waals surface area (Å²) >= 11 is 0. The minimum atomic E-state index is -0.199. The molecule has 4 heteroatoms. The van der Waals surface area contributed by atoms with Crippen LogP contribution in [0.25, 0.3) is 0 Å². The summed E-state index contributed by atoms with van der Waals surface area (Å²) in [6.07, 6.45) is 0. The van der Waals surface area contributed by atoms with Crippen LogP contribution in [0.2, 0.25) is 0 Å². The Labute approximate surface area is 140 Å². The molecule has 0 bridgehead atoms. The molecule has 0 saturated heterocycles. The van der Waals surface area contributed by atoms with Crippen molar-refractivity contribution in [3.8, 4) is 11.5 Å². The molecule has 0 amide bonds. The van der Waals surface area contributed by atoms with E-state index in [0.717, 1.165) is 5.56 Å². The molecule has 0 atom stereocenters. The second kappa shape index (κ2) is 9.00. The normalized spacial score (nSPS) is 11.1. The lowest BCUT2D eigenvalue weighted by atomic mass is 10.1. The van der Waals surface area contributed by atoms with Crippen LogP contribution >= 0.6 is 0 Å². The van der Waals surface area contributed by atoms with Crippen molar-refractivity contribution in [2.45, 2.75) is 6.61 Å². The Kier molecular flexibility index (Phi) is 6.41. The number of phenolic OH excluding ortho intramolecular Hbond substituents is 2. The fourth-order valence-corrected chi connectivity index (χ4v) is 1.94. The Bertz CT molecular complexity index is 725. The molecule has 0 spiro atoms. The molecule has 3 aromatic carbocycles. The van der Waals surface area contributed by atoms with E-state index in [1.807, 2.05) is 54.6 Å². The molecular weight excluding hydrogens is 304 g/mol. The van der Waals surface area contributed by atoms with Gasteiger partial charge in [-0.1, -0.05) is 60.7 Å². The molecule has 0 unspecified atom stereocenters. The van der Waals surface area contributed by atoms with Gasteiger partial charge in [-0.3, -0.25) is 0 Å². The molecule has 1 aliphatic heterocycles. The third-order valence-corrected chi connectivity index (χ3v) is 3.09. The number of cyclic esters (lactones) is 1. The van der Waals surface area contributed by atoms with Crippen molar-refractivity contribution in [3.05, 3.63) is 96.1 Å². The van der Waals surface area contributed by atoms with E-state index in [9.17, 15) is 4.79 Å². The molecule has 1 heterocycles. The summed E-state index contributed by atoms with van der Waals surface area (Å²) in [5.74, 6) is -0.0226. The number of benzene rings is 3. The number of carbonyl (C=O) groups excluding carboxylic acids is 1. The molecule has 0 aromatic heterocycles. The number of carbonyl (C=O) groups is 1. The predicted octanol–water partition coefficient (Wildman–Crippen LogP) is 4.14. The smallest absolute Gasteiger partial charge is 0.338 e. The Hall–Kier alpha value is -3.27. The third kappa shape index (κ3) is 5.50. The number of hydrogen-bond donors (Lipinski definition) is 2. The van der Waals surface area contributed by atoms with E-state index < -0.39 is 0 Å². The average Bonchev–Trinajstić information content (AvgIpc) is 2.99. The van der Waals surface area contributed by atoms with Gasteiger partial charge in [-0.05, 0) is 18.2 Å². The van der Waals surface area contributed by atoms with Gasteiger partial charge in [0.1, 0.15) is 18.1 Å². The molecule has 3 aromatic rings. The quantitative estimate of drug-likeness (QED) is 0.610. The van der Waals surface area contributed by atoms with Crippen molar-refractivity contribution in [2.24, 2.45) is 0 Å². The molecular formula is C20H18O4. The highest BCUT2D eigenvalue weighted by molar-refractivity contribution is 5.93. The first-order valence-electron chi connectivity index (χ1n) is 7.40. The van der Waals surface area contributed by atoms with E-state index in [2.05, 4.69) is 0 Å². The number of ether oxygens (including phenoxy) is 1. The second-order valence-electron chi connectivity index (χ2n) is 4.91. The van der Waals surface area contributed by atoms with Gasteiger partial charge in [-0.2, -0.15) is 0 Å². The predicted molar refractivity (Wildman–Crippen MR) is 91.8 cm³/mol. The Balaban J connectivity index is 0.000000135. The molecule has 1 aliphatic rings. The number of phenols is 2. The van der Waals surface area contributed by atoms with E-state index in [-0.39, 0.29) is 17.5 Å². The minimum absolute atomic E-state index is 0.0880. The number of esters is 1. The lowest BCUT2D eigenvalue weighted by molar-refractivity contribution is 0.0535. The van der Waals surface area contributed by atoms with Crippen LogP contribution in [0, 0.1) is 0 Å². The second-order valence-corrected chi connectivity index (χ2v) is 4.91. The van der Waals surface area contributed by atoms with Gasteiger partial charge in [0.2, 0.25) is 0 Å². The fourth-order valence-electron chi connectivity index (χ4n) is 1.94. The lowest BCUT2D eigenvalue weighted by Crippen LogP contribution is -1.91.